The van der Waals surface area contributed by atoms with E-state index in [4.69, 9.17) is 5.73 Å². The van der Waals surface area contributed by atoms with Crippen molar-refractivity contribution in [3.8, 4) is 17.0 Å². The molecule has 0 saturated carbocycles. The molecule has 2 aromatic carbocycles. The number of aryl methyl sites for hydroxylation is 1. The number of benzene rings is 2. The lowest BCUT2D eigenvalue weighted by molar-refractivity contribution is -0.274. The van der Waals surface area contributed by atoms with E-state index in [0.29, 0.717) is 17.6 Å². The summed E-state index contributed by atoms with van der Waals surface area (Å²) in [5, 5.41) is 8.02. The van der Waals surface area contributed by atoms with Gasteiger partial charge in [0, 0.05) is 60.3 Å². The molecular formula is C26H25F3N6O3. The maximum atomic E-state index is 12.8. The van der Waals surface area contributed by atoms with Gasteiger partial charge in [0.1, 0.15) is 5.75 Å². The third-order valence-corrected chi connectivity index (χ3v) is 6.50. The number of carbonyl (C=O) groups excluding carboxylic acids is 2. The van der Waals surface area contributed by atoms with Crippen LogP contribution in [0.3, 0.4) is 0 Å². The number of fused-ring (bicyclic) bond motifs is 1. The van der Waals surface area contributed by atoms with Crippen LogP contribution in [0.2, 0.25) is 0 Å². The van der Waals surface area contributed by atoms with E-state index in [1.165, 1.54) is 12.1 Å². The minimum absolute atomic E-state index is 0.190. The SMILES string of the molecule is Cn1cc(-c2cc3c(N4CCCC(NC(=O)c5ccc(OC(F)(F)F)cc5)C4)ccc(C(N)=O)c3[nH]2)cn1. The Morgan fingerprint density at radius 3 is 2.61 bits per heavy atom. The van der Waals surface area contributed by atoms with Crippen molar-refractivity contribution in [3.63, 3.8) is 0 Å². The monoisotopic (exact) mass is 526 g/mol. The summed E-state index contributed by atoms with van der Waals surface area (Å²) in [5.41, 5.74) is 9.41. The molecule has 9 nitrogen and oxygen atoms in total. The number of hydrogen-bond acceptors (Lipinski definition) is 5. The van der Waals surface area contributed by atoms with Crippen LogP contribution in [0.4, 0.5) is 18.9 Å². The molecular weight excluding hydrogens is 501 g/mol. The zero-order chi connectivity index (χ0) is 27.0. The molecule has 0 bridgehead atoms. The lowest BCUT2D eigenvalue weighted by atomic mass is 10.0. The van der Waals surface area contributed by atoms with Gasteiger partial charge in [-0.1, -0.05) is 0 Å². The summed E-state index contributed by atoms with van der Waals surface area (Å²) < 4.78 is 42.7. The second kappa shape index (κ2) is 9.77. The van der Waals surface area contributed by atoms with Crippen LogP contribution in [0.1, 0.15) is 33.6 Å². The van der Waals surface area contributed by atoms with Crippen LogP contribution < -0.4 is 20.7 Å². The van der Waals surface area contributed by atoms with Crippen molar-refractivity contribution in [2.75, 3.05) is 18.0 Å². The number of nitrogens with one attached hydrogen (secondary N) is 2. The average molecular weight is 527 g/mol. The van der Waals surface area contributed by atoms with E-state index in [0.717, 1.165) is 53.9 Å². The molecule has 198 valence electrons. The number of aromatic nitrogens is 3. The first-order valence-electron chi connectivity index (χ1n) is 11.9. The molecule has 2 amide bonds. The normalized spacial score (nSPS) is 16.0. The number of H-pyrrole nitrogens is 1. The maximum Gasteiger partial charge on any atom is 0.573 e. The van der Waals surface area contributed by atoms with Gasteiger partial charge in [-0.2, -0.15) is 5.10 Å². The molecule has 38 heavy (non-hydrogen) atoms. The van der Waals surface area contributed by atoms with Crippen molar-refractivity contribution in [3.05, 3.63) is 66.0 Å². The Kier molecular flexibility index (Phi) is 6.47. The second-order valence-electron chi connectivity index (χ2n) is 9.20. The molecule has 1 saturated heterocycles. The van der Waals surface area contributed by atoms with E-state index in [-0.39, 0.29) is 17.5 Å². The number of ether oxygens (including phenoxy) is 1. The van der Waals surface area contributed by atoms with E-state index >= 15 is 0 Å². The summed E-state index contributed by atoms with van der Waals surface area (Å²) in [4.78, 5) is 30.3. The van der Waals surface area contributed by atoms with Gasteiger partial charge in [-0.25, -0.2) is 0 Å². The molecule has 2 aromatic heterocycles. The molecule has 0 spiro atoms. The van der Waals surface area contributed by atoms with Crippen molar-refractivity contribution in [2.24, 2.45) is 12.8 Å². The molecule has 0 radical (unpaired) electrons. The van der Waals surface area contributed by atoms with Crippen LogP contribution in [0, 0.1) is 0 Å². The fourth-order valence-corrected chi connectivity index (χ4v) is 4.79. The van der Waals surface area contributed by atoms with Crippen LogP contribution in [-0.2, 0) is 7.05 Å². The van der Waals surface area contributed by atoms with E-state index in [1.807, 2.05) is 25.4 Å². The number of rotatable bonds is 6. The highest BCUT2D eigenvalue weighted by Crippen LogP contribution is 2.35. The minimum atomic E-state index is -4.80. The molecule has 0 aliphatic carbocycles. The number of halogens is 3. The zero-order valence-electron chi connectivity index (χ0n) is 20.4. The summed E-state index contributed by atoms with van der Waals surface area (Å²) in [6.45, 7) is 1.26. The van der Waals surface area contributed by atoms with Gasteiger partial charge in [-0.15, -0.1) is 13.2 Å². The minimum Gasteiger partial charge on any atom is -0.406 e. The molecule has 5 rings (SSSR count). The molecule has 3 heterocycles. The van der Waals surface area contributed by atoms with E-state index in [1.54, 1.807) is 16.9 Å². The topological polar surface area (TPSA) is 118 Å². The summed E-state index contributed by atoms with van der Waals surface area (Å²) in [5.74, 6) is -1.32. The number of aromatic amines is 1. The van der Waals surface area contributed by atoms with Crippen LogP contribution in [0.15, 0.2) is 54.9 Å². The molecule has 1 fully saturated rings. The van der Waals surface area contributed by atoms with Crippen LogP contribution in [0.25, 0.3) is 22.2 Å². The van der Waals surface area contributed by atoms with Gasteiger partial charge in [-0.05, 0) is 55.3 Å². The molecule has 4 aromatic rings. The predicted molar refractivity (Wildman–Crippen MR) is 135 cm³/mol. The van der Waals surface area contributed by atoms with Crippen molar-refractivity contribution in [1.29, 1.82) is 0 Å². The highest BCUT2D eigenvalue weighted by molar-refractivity contribution is 6.10. The number of primary amides is 1. The quantitative estimate of drug-likeness (QED) is 0.352. The fourth-order valence-electron chi connectivity index (χ4n) is 4.79. The van der Waals surface area contributed by atoms with Gasteiger partial charge in [0.25, 0.3) is 11.8 Å². The number of nitrogens with two attached hydrogens (primary N) is 1. The lowest BCUT2D eigenvalue weighted by Gasteiger charge is -2.35. The Morgan fingerprint density at radius 1 is 1.18 bits per heavy atom. The molecule has 1 aliphatic heterocycles. The Morgan fingerprint density at radius 2 is 1.95 bits per heavy atom. The van der Waals surface area contributed by atoms with Gasteiger partial charge >= 0.3 is 6.36 Å². The Hall–Kier alpha value is -4.48. The first-order chi connectivity index (χ1) is 18.1. The van der Waals surface area contributed by atoms with E-state index < -0.39 is 18.0 Å². The first-order valence-corrected chi connectivity index (χ1v) is 11.9. The van der Waals surface area contributed by atoms with Crippen molar-refractivity contribution in [2.45, 2.75) is 25.2 Å². The van der Waals surface area contributed by atoms with Crippen LogP contribution >= 0.6 is 0 Å². The summed E-state index contributed by atoms with van der Waals surface area (Å²) in [6, 6.07) is 10.1. The highest BCUT2D eigenvalue weighted by Gasteiger charge is 2.31. The Bertz CT molecular complexity index is 1490. The maximum absolute atomic E-state index is 12.8. The zero-order valence-corrected chi connectivity index (χ0v) is 20.4. The molecule has 1 aliphatic rings. The van der Waals surface area contributed by atoms with Crippen LogP contribution in [-0.4, -0.2) is 52.1 Å². The Labute approximate surface area is 215 Å². The predicted octanol–water partition coefficient (Wildman–Crippen LogP) is 3.96. The number of amides is 2. The number of hydrogen-bond donors (Lipinski definition) is 3. The Balaban J connectivity index is 1.36. The molecule has 12 heteroatoms. The number of anilines is 1. The van der Waals surface area contributed by atoms with Crippen molar-refractivity contribution in [1.82, 2.24) is 20.1 Å². The smallest absolute Gasteiger partial charge is 0.406 e. The standard InChI is InChI=1S/C26H25F3N6O3/c1-34-13-16(12-31-34)21-11-20-22(9-8-19(24(30)36)23(20)33-21)35-10-2-3-17(14-35)32-25(37)15-4-6-18(7-5-15)38-26(27,28)29/h4-9,11-13,17,33H,2-3,10,14H2,1H3,(H2,30,36)(H,32,37). The fraction of sp³-hybridized carbons (Fsp3) is 0.269. The van der Waals surface area contributed by atoms with Gasteiger partial charge < -0.3 is 25.7 Å². The molecule has 4 N–H and O–H groups in total. The number of alkyl halides is 3. The third-order valence-electron chi connectivity index (χ3n) is 6.50. The second-order valence-corrected chi connectivity index (χ2v) is 9.20. The number of piperidine rings is 1. The first kappa shape index (κ1) is 25.2. The lowest BCUT2D eigenvalue weighted by Crippen LogP contribution is -2.47. The van der Waals surface area contributed by atoms with E-state index in [9.17, 15) is 22.8 Å². The average Bonchev–Trinajstić information content (AvgIpc) is 3.49. The van der Waals surface area contributed by atoms with Gasteiger partial charge in [0.05, 0.1) is 17.3 Å². The van der Waals surface area contributed by atoms with Gasteiger partial charge in [0.2, 0.25) is 0 Å². The molecule has 1 unspecified atom stereocenters. The molecule has 1 atom stereocenters. The third kappa shape index (κ3) is 5.29. The largest absolute Gasteiger partial charge is 0.573 e. The summed E-state index contributed by atoms with van der Waals surface area (Å²) >= 11 is 0. The van der Waals surface area contributed by atoms with Crippen molar-refractivity contribution < 1.29 is 27.5 Å². The van der Waals surface area contributed by atoms with E-state index in [2.05, 4.69) is 25.0 Å². The number of nitrogens with zero attached hydrogens (tertiary/aromatic N) is 3. The van der Waals surface area contributed by atoms with Crippen LogP contribution in [0.5, 0.6) is 5.75 Å². The summed E-state index contributed by atoms with van der Waals surface area (Å²) in [6.07, 6.45) is 0.343. The van der Waals surface area contributed by atoms with Crippen molar-refractivity contribution >= 4 is 28.4 Å². The van der Waals surface area contributed by atoms with Gasteiger partial charge in [0.15, 0.2) is 0 Å². The summed E-state index contributed by atoms with van der Waals surface area (Å²) in [7, 11) is 1.82. The highest BCUT2D eigenvalue weighted by atomic mass is 19.4. The number of carbonyl (C=O) groups is 2. The van der Waals surface area contributed by atoms with Gasteiger partial charge in [-0.3, -0.25) is 14.3 Å².